The van der Waals surface area contributed by atoms with Crippen LogP contribution < -0.4 is 29.3 Å². The molecule has 1 aliphatic heterocycles. The minimum atomic E-state index is -5.54. The second-order valence-electron chi connectivity index (χ2n) is 11.6. The predicted molar refractivity (Wildman–Crippen MR) is 162 cm³/mol. The van der Waals surface area contributed by atoms with Crippen LogP contribution >= 0.6 is 0 Å². The standard InChI is InChI=1S/C29H32F6N6O5S/c1-27(2,3)17-14-20(39-47(5,43)44)24(45-4)21(15-17)41(25(42)29(33,34)35)18-6-7-19(28(30,31)32)22(16-18)46-23-8-9-37-26(38-23)40-12-10-36-11-13-40/h6-9,14-16,36,39H,10-13H2,1-5H3. The topological polar surface area (TPSA) is 126 Å². The van der Waals surface area contributed by atoms with E-state index in [1.54, 1.807) is 25.7 Å². The number of aromatic nitrogens is 2. The summed E-state index contributed by atoms with van der Waals surface area (Å²) in [5.41, 5.74) is -3.50. The van der Waals surface area contributed by atoms with Crippen LogP contribution in [-0.2, 0) is 26.4 Å². The fourth-order valence-corrected chi connectivity index (χ4v) is 5.23. The number of carbonyl (C=O) groups excluding carboxylic acids is 1. The van der Waals surface area contributed by atoms with Crippen LogP contribution in [0.3, 0.4) is 0 Å². The molecule has 47 heavy (non-hydrogen) atoms. The van der Waals surface area contributed by atoms with Crippen LogP contribution in [0, 0.1) is 0 Å². The van der Waals surface area contributed by atoms with Crippen molar-refractivity contribution in [3.63, 3.8) is 0 Å². The van der Waals surface area contributed by atoms with Gasteiger partial charge in [-0.3, -0.25) is 14.4 Å². The number of carbonyl (C=O) groups is 1. The third-order valence-corrected chi connectivity index (χ3v) is 7.47. The van der Waals surface area contributed by atoms with Crippen molar-refractivity contribution in [1.29, 1.82) is 0 Å². The fourth-order valence-electron chi connectivity index (χ4n) is 4.68. The van der Waals surface area contributed by atoms with Crippen molar-refractivity contribution in [3.8, 4) is 17.4 Å². The van der Waals surface area contributed by atoms with Gasteiger partial charge < -0.3 is 19.7 Å². The quantitative estimate of drug-likeness (QED) is 0.291. The maximum atomic E-state index is 14.2. The van der Waals surface area contributed by atoms with Gasteiger partial charge in [-0.2, -0.15) is 31.3 Å². The summed E-state index contributed by atoms with van der Waals surface area (Å²) in [7, 11) is -2.99. The molecule has 1 saturated heterocycles. The maximum absolute atomic E-state index is 14.2. The summed E-state index contributed by atoms with van der Waals surface area (Å²) < 4.78 is 122. The minimum Gasteiger partial charge on any atom is -0.492 e. The second kappa shape index (κ2) is 13.1. The van der Waals surface area contributed by atoms with Gasteiger partial charge in [-0.1, -0.05) is 20.8 Å². The number of hydrogen-bond donors (Lipinski definition) is 2. The van der Waals surface area contributed by atoms with Crippen LogP contribution in [-0.4, -0.2) is 70.0 Å². The molecule has 0 aliphatic carbocycles. The van der Waals surface area contributed by atoms with Crippen LogP contribution in [0.25, 0.3) is 0 Å². The molecule has 0 atom stereocenters. The predicted octanol–water partition coefficient (Wildman–Crippen LogP) is 5.60. The highest BCUT2D eigenvalue weighted by atomic mass is 32.2. The zero-order chi connectivity index (χ0) is 34.9. The number of alkyl halides is 6. The van der Waals surface area contributed by atoms with Crippen LogP contribution in [0.5, 0.6) is 17.4 Å². The van der Waals surface area contributed by atoms with E-state index in [-0.39, 0.29) is 28.0 Å². The van der Waals surface area contributed by atoms with Crippen molar-refractivity contribution in [2.24, 2.45) is 0 Å². The van der Waals surface area contributed by atoms with Crippen molar-refractivity contribution in [2.45, 2.75) is 38.5 Å². The Morgan fingerprint density at radius 2 is 1.68 bits per heavy atom. The lowest BCUT2D eigenvalue weighted by molar-refractivity contribution is -0.169. The van der Waals surface area contributed by atoms with Gasteiger partial charge in [0.15, 0.2) is 5.75 Å². The van der Waals surface area contributed by atoms with Crippen LogP contribution in [0.1, 0.15) is 31.9 Å². The lowest BCUT2D eigenvalue weighted by atomic mass is 9.86. The Morgan fingerprint density at radius 3 is 2.23 bits per heavy atom. The summed E-state index contributed by atoms with van der Waals surface area (Å²) in [6.07, 6.45) is -8.51. The van der Waals surface area contributed by atoms with E-state index in [4.69, 9.17) is 9.47 Å². The average molecular weight is 691 g/mol. The van der Waals surface area contributed by atoms with E-state index in [1.807, 2.05) is 0 Å². The lowest BCUT2D eigenvalue weighted by Gasteiger charge is -2.30. The first-order chi connectivity index (χ1) is 21.7. The Morgan fingerprint density at radius 1 is 1.02 bits per heavy atom. The molecule has 11 nitrogen and oxygen atoms in total. The van der Waals surface area contributed by atoms with Gasteiger partial charge in [-0.05, 0) is 35.2 Å². The van der Waals surface area contributed by atoms with Gasteiger partial charge in [0, 0.05) is 44.5 Å². The van der Waals surface area contributed by atoms with E-state index in [2.05, 4.69) is 20.0 Å². The highest BCUT2D eigenvalue weighted by Gasteiger charge is 2.46. The molecule has 18 heteroatoms. The summed E-state index contributed by atoms with van der Waals surface area (Å²) in [6, 6.07) is 5.42. The zero-order valence-corrected chi connectivity index (χ0v) is 26.7. The second-order valence-corrected chi connectivity index (χ2v) is 13.3. The molecule has 1 fully saturated rings. The van der Waals surface area contributed by atoms with Crippen molar-refractivity contribution in [3.05, 3.63) is 53.7 Å². The van der Waals surface area contributed by atoms with E-state index < -0.39 is 62.1 Å². The molecular formula is C29H32F6N6O5S. The first kappa shape index (κ1) is 35.5. The van der Waals surface area contributed by atoms with Gasteiger partial charge in [-0.25, -0.2) is 13.4 Å². The Kier molecular flexibility index (Phi) is 9.87. The SMILES string of the molecule is COc1c(NS(C)(=O)=O)cc(C(C)(C)C)cc1N(C(=O)C(F)(F)F)c1ccc(C(F)(F)F)c(Oc2ccnc(N3CCNCC3)n2)c1. The normalized spacial score (nSPS) is 14.5. The number of hydrogen-bond acceptors (Lipinski definition) is 9. The number of benzene rings is 2. The smallest absolute Gasteiger partial charge is 0.472 e. The first-order valence-corrected chi connectivity index (χ1v) is 15.9. The Bertz CT molecular complexity index is 1740. The Hall–Kier alpha value is -4.32. The van der Waals surface area contributed by atoms with Gasteiger partial charge in [-0.15, -0.1) is 0 Å². The van der Waals surface area contributed by atoms with Gasteiger partial charge >= 0.3 is 18.3 Å². The highest BCUT2D eigenvalue weighted by Crippen LogP contribution is 2.47. The number of anilines is 4. The molecule has 2 aromatic carbocycles. The Balaban J connectivity index is 1.95. The number of piperazine rings is 1. The molecule has 2 heterocycles. The Labute approximate surface area is 266 Å². The molecule has 0 radical (unpaired) electrons. The largest absolute Gasteiger partial charge is 0.492 e. The molecule has 0 spiro atoms. The lowest BCUT2D eigenvalue weighted by Crippen LogP contribution is -2.44. The van der Waals surface area contributed by atoms with Crippen molar-refractivity contribution >= 4 is 38.9 Å². The number of nitrogens with zero attached hydrogens (tertiary/aromatic N) is 4. The monoisotopic (exact) mass is 690 g/mol. The number of nitrogens with one attached hydrogen (secondary N) is 2. The molecule has 2 N–H and O–H groups in total. The molecule has 0 bridgehead atoms. The zero-order valence-electron chi connectivity index (χ0n) is 25.9. The van der Waals surface area contributed by atoms with Crippen LogP contribution in [0.4, 0.5) is 49.4 Å². The number of methoxy groups -OCH3 is 1. The van der Waals surface area contributed by atoms with Crippen LogP contribution in [0.15, 0.2) is 42.6 Å². The van der Waals surface area contributed by atoms with Gasteiger partial charge in [0.2, 0.25) is 21.9 Å². The van der Waals surface area contributed by atoms with Crippen molar-refractivity contribution in [2.75, 3.05) is 54.1 Å². The summed E-state index contributed by atoms with van der Waals surface area (Å²) >= 11 is 0. The number of halogens is 6. The number of sulfonamides is 1. The summed E-state index contributed by atoms with van der Waals surface area (Å²) in [6.45, 7) is 7.27. The number of ether oxygens (including phenoxy) is 2. The fraction of sp³-hybridized carbons (Fsp3) is 0.414. The van der Waals surface area contributed by atoms with Gasteiger partial charge in [0.1, 0.15) is 5.75 Å². The van der Waals surface area contributed by atoms with E-state index in [9.17, 15) is 39.6 Å². The molecule has 0 unspecified atom stereocenters. The molecule has 256 valence electrons. The summed E-state index contributed by atoms with van der Waals surface area (Å²) in [4.78, 5) is 23.3. The number of rotatable bonds is 8. The molecule has 1 amide bonds. The summed E-state index contributed by atoms with van der Waals surface area (Å²) in [5.74, 6) is -4.13. The van der Waals surface area contributed by atoms with Crippen molar-refractivity contribution in [1.82, 2.24) is 15.3 Å². The molecule has 0 saturated carbocycles. The maximum Gasteiger partial charge on any atom is 0.472 e. The van der Waals surface area contributed by atoms with Crippen molar-refractivity contribution < 1.29 is 49.0 Å². The third kappa shape index (κ3) is 8.54. The molecule has 3 aromatic rings. The van der Waals surface area contributed by atoms with E-state index in [0.717, 1.165) is 19.4 Å². The summed E-state index contributed by atoms with van der Waals surface area (Å²) in [5, 5.41) is 3.14. The van der Waals surface area contributed by atoms with E-state index in [1.165, 1.54) is 18.3 Å². The molecule has 1 aliphatic rings. The highest BCUT2D eigenvalue weighted by molar-refractivity contribution is 7.92. The van der Waals surface area contributed by atoms with Gasteiger partial charge in [0.05, 0.1) is 36.0 Å². The molecular weight excluding hydrogens is 658 g/mol. The van der Waals surface area contributed by atoms with E-state index in [0.29, 0.717) is 44.4 Å². The average Bonchev–Trinajstić information content (AvgIpc) is 2.95. The molecule has 4 rings (SSSR count). The molecule has 1 aromatic heterocycles. The number of amides is 1. The van der Waals surface area contributed by atoms with Crippen LogP contribution in [0.2, 0.25) is 0 Å². The first-order valence-electron chi connectivity index (χ1n) is 14.0. The minimum absolute atomic E-state index is 0.0979. The van der Waals surface area contributed by atoms with Gasteiger partial charge in [0.25, 0.3) is 0 Å². The third-order valence-electron chi connectivity index (χ3n) is 6.88. The van der Waals surface area contributed by atoms with E-state index >= 15 is 0 Å².